The van der Waals surface area contributed by atoms with E-state index in [2.05, 4.69) is 5.10 Å². The first kappa shape index (κ1) is 16.5. The summed E-state index contributed by atoms with van der Waals surface area (Å²) in [5.74, 6) is -1.08. The fourth-order valence-electron chi connectivity index (χ4n) is 1.64. The van der Waals surface area contributed by atoms with Crippen molar-refractivity contribution in [2.45, 2.75) is 26.3 Å². The monoisotopic (exact) mass is 299 g/mol. The zero-order valence-corrected chi connectivity index (χ0v) is 12.0. The highest BCUT2D eigenvalue weighted by Crippen LogP contribution is 2.24. The Morgan fingerprint density at radius 3 is 2.71 bits per heavy atom. The van der Waals surface area contributed by atoms with Gasteiger partial charge >= 0.3 is 11.6 Å². The van der Waals surface area contributed by atoms with Gasteiger partial charge in [-0.1, -0.05) is 6.92 Å². The van der Waals surface area contributed by atoms with Gasteiger partial charge in [0, 0.05) is 11.3 Å². The number of allylic oxidation sites excluding steroid dienone is 3. The number of nitro groups is 1. The molecule has 0 unspecified atom stereocenters. The molecule has 0 saturated heterocycles. The van der Waals surface area contributed by atoms with Crippen LogP contribution in [0.15, 0.2) is 29.4 Å². The summed E-state index contributed by atoms with van der Waals surface area (Å²) < 4.78 is 19.5. The summed E-state index contributed by atoms with van der Waals surface area (Å²) in [6, 6.07) is -0.585. The lowest BCUT2D eigenvalue weighted by Crippen LogP contribution is -2.15. The standard InChI is InChI=1S/C12H18FN5O3/c1-4-8(14)5-9(12(15)21-3)7(2)17-6-10(18(19)20)11(13)16-17/h5-7H,4,14-15H2,1-3H3/b8-5-,12-9-/t7-/m0/s1. The van der Waals surface area contributed by atoms with Gasteiger partial charge in [-0.25, -0.2) is 0 Å². The van der Waals surface area contributed by atoms with Crippen LogP contribution >= 0.6 is 0 Å². The van der Waals surface area contributed by atoms with E-state index in [1.165, 1.54) is 7.11 Å². The summed E-state index contributed by atoms with van der Waals surface area (Å²) >= 11 is 0. The largest absolute Gasteiger partial charge is 0.482 e. The number of hydrogen-bond donors (Lipinski definition) is 2. The smallest absolute Gasteiger partial charge is 0.343 e. The number of rotatable bonds is 6. The molecule has 0 radical (unpaired) electrons. The second-order valence-electron chi connectivity index (χ2n) is 4.31. The van der Waals surface area contributed by atoms with E-state index < -0.39 is 22.6 Å². The Labute approximate surface area is 121 Å². The van der Waals surface area contributed by atoms with Crippen molar-refractivity contribution in [2.24, 2.45) is 11.5 Å². The minimum Gasteiger partial charge on any atom is -0.482 e. The minimum absolute atomic E-state index is 0.0810. The van der Waals surface area contributed by atoms with Crippen molar-refractivity contribution in [3.05, 3.63) is 45.5 Å². The fourth-order valence-corrected chi connectivity index (χ4v) is 1.64. The van der Waals surface area contributed by atoms with E-state index in [1.54, 1.807) is 13.0 Å². The van der Waals surface area contributed by atoms with E-state index in [0.29, 0.717) is 17.7 Å². The van der Waals surface area contributed by atoms with Crippen LogP contribution in [0.4, 0.5) is 10.1 Å². The molecule has 8 nitrogen and oxygen atoms in total. The molecular weight excluding hydrogens is 281 g/mol. The lowest BCUT2D eigenvalue weighted by atomic mass is 10.1. The lowest BCUT2D eigenvalue weighted by molar-refractivity contribution is -0.387. The Bertz CT molecular complexity index is 594. The van der Waals surface area contributed by atoms with Crippen LogP contribution in [0.5, 0.6) is 0 Å². The number of aromatic nitrogens is 2. The number of methoxy groups -OCH3 is 1. The third-order valence-corrected chi connectivity index (χ3v) is 2.97. The molecule has 1 aromatic rings. The van der Waals surface area contributed by atoms with Crippen molar-refractivity contribution >= 4 is 5.69 Å². The van der Waals surface area contributed by atoms with Crippen molar-refractivity contribution in [3.63, 3.8) is 0 Å². The molecule has 1 rings (SSSR count). The summed E-state index contributed by atoms with van der Waals surface area (Å²) in [6.45, 7) is 3.51. The number of halogens is 1. The van der Waals surface area contributed by atoms with Crippen LogP contribution in [0.2, 0.25) is 0 Å². The maximum Gasteiger partial charge on any atom is 0.343 e. The van der Waals surface area contributed by atoms with Gasteiger partial charge in [0.2, 0.25) is 0 Å². The molecule has 4 N–H and O–H groups in total. The Hall–Kier alpha value is -2.58. The Morgan fingerprint density at radius 2 is 2.29 bits per heavy atom. The zero-order valence-electron chi connectivity index (χ0n) is 12.0. The second kappa shape index (κ2) is 6.73. The van der Waals surface area contributed by atoms with Gasteiger partial charge in [0.25, 0.3) is 0 Å². The second-order valence-corrected chi connectivity index (χ2v) is 4.31. The molecule has 9 heteroatoms. The summed E-state index contributed by atoms with van der Waals surface area (Å²) in [4.78, 5) is 9.82. The molecule has 0 amide bonds. The normalized spacial score (nSPS) is 14.6. The molecule has 1 aromatic heterocycles. The molecule has 1 heterocycles. The van der Waals surface area contributed by atoms with Gasteiger partial charge in [0.05, 0.1) is 18.1 Å². The van der Waals surface area contributed by atoms with Crippen LogP contribution in [-0.2, 0) is 4.74 Å². The highest BCUT2D eigenvalue weighted by molar-refractivity contribution is 5.30. The average molecular weight is 299 g/mol. The van der Waals surface area contributed by atoms with Gasteiger partial charge in [-0.3, -0.25) is 14.8 Å². The Kier molecular flexibility index (Phi) is 5.28. The van der Waals surface area contributed by atoms with Crippen LogP contribution < -0.4 is 11.5 Å². The van der Waals surface area contributed by atoms with Crippen LogP contribution in [0.1, 0.15) is 26.3 Å². The van der Waals surface area contributed by atoms with Gasteiger partial charge in [-0.2, -0.15) is 4.39 Å². The maximum atomic E-state index is 13.4. The van der Waals surface area contributed by atoms with E-state index >= 15 is 0 Å². The summed E-state index contributed by atoms with van der Waals surface area (Å²) in [5.41, 5.74) is 11.8. The van der Waals surface area contributed by atoms with Crippen LogP contribution in [0, 0.1) is 16.1 Å². The predicted octanol–water partition coefficient (Wildman–Crippen LogP) is 1.56. The van der Waals surface area contributed by atoms with Crippen molar-refractivity contribution in [3.8, 4) is 0 Å². The van der Waals surface area contributed by atoms with Gasteiger partial charge in [0.1, 0.15) is 6.20 Å². The van der Waals surface area contributed by atoms with E-state index in [9.17, 15) is 14.5 Å². The Balaban J connectivity index is 3.27. The van der Waals surface area contributed by atoms with Crippen molar-refractivity contribution in [2.75, 3.05) is 7.11 Å². The molecule has 0 saturated carbocycles. The van der Waals surface area contributed by atoms with Crippen LogP contribution in [0.3, 0.4) is 0 Å². The highest BCUT2D eigenvalue weighted by atomic mass is 19.1. The molecule has 0 aliphatic carbocycles. The van der Waals surface area contributed by atoms with Gasteiger partial charge in [-0.15, -0.1) is 5.10 Å². The van der Waals surface area contributed by atoms with Crippen molar-refractivity contribution < 1.29 is 14.1 Å². The van der Waals surface area contributed by atoms with Crippen molar-refractivity contribution in [1.29, 1.82) is 0 Å². The first-order valence-electron chi connectivity index (χ1n) is 6.20. The number of nitrogens with zero attached hydrogens (tertiary/aromatic N) is 3. The summed E-state index contributed by atoms with van der Waals surface area (Å²) in [5, 5.41) is 14.2. The number of nitrogens with two attached hydrogens (primary N) is 2. The third kappa shape index (κ3) is 3.71. The lowest BCUT2D eigenvalue weighted by Gasteiger charge is -2.16. The first-order valence-corrected chi connectivity index (χ1v) is 6.20. The summed E-state index contributed by atoms with van der Waals surface area (Å²) in [6.07, 6.45) is 3.18. The highest BCUT2D eigenvalue weighted by Gasteiger charge is 2.23. The zero-order chi connectivity index (χ0) is 16.2. The van der Waals surface area contributed by atoms with E-state index in [1.807, 2.05) is 6.92 Å². The van der Waals surface area contributed by atoms with E-state index in [-0.39, 0.29) is 5.88 Å². The Morgan fingerprint density at radius 1 is 1.67 bits per heavy atom. The molecule has 21 heavy (non-hydrogen) atoms. The molecule has 0 bridgehead atoms. The van der Waals surface area contributed by atoms with Gasteiger partial charge in [-0.05, 0) is 19.4 Å². The summed E-state index contributed by atoms with van der Waals surface area (Å²) in [7, 11) is 1.38. The molecule has 0 aromatic carbocycles. The molecular formula is C12H18FN5O3. The number of hydrogen-bond acceptors (Lipinski definition) is 6. The molecule has 0 aliphatic heterocycles. The van der Waals surface area contributed by atoms with Gasteiger partial charge < -0.3 is 16.2 Å². The van der Waals surface area contributed by atoms with Crippen LogP contribution in [-0.4, -0.2) is 21.8 Å². The minimum atomic E-state index is -1.16. The third-order valence-electron chi connectivity index (χ3n) is 2.97. The number of ether oxygens (including phenoxy) is 1. The molecule has 0 spiro atoms. The predicted molar refractivity (Wildman–Crippen MR) is 74.3 cm³/mol. The fraction of sp³-hybridized carbons (Fsp3) is 0.417. The SMILES string of the molecule is CC/C(N)=C/C(=C(\N)OC)[C@H](C)n1cc([N+](=O)[O-])c(F)n1. The molecule has 1 atom stereocenters. The van der Waals surface area contributed by atoms with Crippen LogP contribution in [0.25, 0.3) is 0 Å². The topological polar surface area (TPSA) is 122 Å². The van der Waals surface area contributed by atoms with E-state index in [4.69, 9.17) is 16.2 Å². The molecule has 116 valence electrons. The van der Waals surface area contributed by atoms with E-state index in [0.717, 1.165) is 10.9 Å². The average Bonchev–Trinajstić information content (AvgIpc) is 2.85. The molecule has 0 fully saturated rings. The maximum absolute atomic E-state index is 13.4. The quantitative estimate of drug-likeness (QED) is 0.356. The van der Waals surface area contributed by atoms with Crippen molar-refractivity contribution in [1.82, 2.24) is 9.78 Å². The first-order chi connectivity index (χ1) is 9.81. The molecule has 0 aliphatic rings. The van der Waals surface area contributed by atoms with Gasteiger partial charge in [0.15, 0.2) is 5.88 Å².